The van der Waals surface area contributed by atoms with Crippen LogP contribution in [0.4, 0.5) is 5.69 Å². The van der Waals surface area contributed by atoms with E-state index >= 15 is 0 Å². The summed E-state index contributed by atoms with van der Waals surface area (Å²) in [5.74, 6) is -0.0950. The lowest BCUT2D eigenvalue weighted by Crippen LogP contribution is -2.15. The van der Waals surface area contributed by atoms with Crippen LogP contribution in [-0.2, 0) is 18.3 Å². The predicted molar refractivity (Wildman–Crippen MR) is 114 cm³/mol. The molecule has 0 saturated heterocycles. The van der Waals surface area contributed by atoms with Crippen molar-refractivity contribution in [1.29, 1.82) is 0 Å². The van der Waals surface area contributed by atoms with E-state index in [1.54, 1.807) is 10.9 Å². The smallest absolute Gasteiger partial charge is 0.230 e. The molecule has 0 aliphatic rings. The first-order valence-corrected chi connectivity index (χ1v) is 10.1. The Morgan fingerprint density at radius 3 is 2.90 bits per heavy atom. The summed E-state index contributed by atoms with van der Waals surface area (Å²) < 4.78 is 3.72. The van der Waals surface area contributed by atoms with Crippen LogP contribution in [0, 0.1) is 6.92 Å². The van der Waals surface area contributed by atoms with Crippen molar-refractivity contribution in [3.63, 3.8) is 0 Å². The molecule has 0 radical (unpaired) electrons. The number of nitrogens with one attached hydrogen (secondary N) is 1. The topological polar surface area (TPSA) is 77.1 Å². The molecule has 0 unspecified atom stereocenters. The summed E-state index contributed by atoms with van der Waals surface area (Å²) in [4.78, 5) is 22.6. The van der Waals surface area contributed by atoms with Crippen molar-refractivity contribution in [3.05, 3.63) is 65.6 Å². The van der Waals surface area contributed by atoms with Gasteiger partial charge in [-0.15, -0.1) is 11.3 Å². The Morgan fingerprint density at radius 1 is 1.24 bits per heavy atom. The molecule has 5 rings (SSSR count). The molecule has 29 heavy (non-hydrogen) atoms. The van der Waals surface area contributed by atoms with Crippen LogP contribution >= 0.6 is 11.3 Å². The van der Waals surface area contributed by atoms with Gasteiger partial charge in [0.1, 0.15) is 0 Å². The van der Waals surface area contributed by atoms with Gasteiger partial charge in [0, 0.05) is 35.3 Å². The third-order valence-electron chi connectivity index (χ3n) is 4.84. The molecule has 0 aliphatic carbocycles. The Kier molecular flexibility index (Phi) is 4.13. The Balaban J connectivity index is 1.37. The van der Waals surface area contributed by atoms with Gasteiger partial charge in [0.15, 0.2) is 10.6 Å². The third-order valence-corrected chi connectivity index (χ3v) is 5.73. The van der Waals surface area contributed by atoms with Crippen LogP contribution in [0.1, 0.15) is 11.4 Å². The number of hydrogen-bond donors (Lipinski definition) is 1. The number of thiazole rings is 1. The summed E-state index contributed by atoms with van der Waals surface area (Å²) in [7, 11) is 1.86. The molecule has 0 aliphatic heterocycles. The van der Waals surface area contributed by atoms with E-state index in [9.17, 15) is 4.79 Å². The van der Waals surface area contributed by atoms with E-state index in [0.29, 0.717) is 5.69 Å². The quantitative estimate of drug-likeness (QED) is 0.496. The maximum absolute atomic E-state index is 12.6. The van der Waals surface area contributed by atoms with Gasteiger partial charge in [0.2, 0.25) is 5.91 Å². The molecular formula is C21H18N6OS. The summed E-state index contributed by atoms with van der Waals surface area (Å²) in [5, 5.41) is 10.2. The molecule has 8 heteroatoms. The number of fused-ring (bicyclic) bond motifs is 2. The standard InChI is InChI=1S/C21H18N6OS/c1-13-17-8-15(10-22-20(17)26(2)25-13)23-19(28)9-16-12-29-21-24-18(11-27(16)21)14-6-4-3-5-7-14/h3-8,10-12H,9H2,1-2H3,(H,23,28). The van der Waals surface area contributed by atoms with Gasteiger partial charge in [-0.05, 0) is 13.0 Å². The van der Waals surface area contributed by atoms with Gasteiger partial charge in [0.05, 0.1) is 29.7 Å². The molecule has 0 saturated carbocycles. The molecule has 1 N–H and O–H groups in total. The van der Waals surface area contributed by atoms with Gasteiger partial charge >= 0.3 is 0 Å². The zero-order chi connectivity index (χ0) is 20.0. The second-order valence-electron chi connectivity index (χ2n) is 6.90. The number of imidazole rings is 1. The first-order valence-electron chi connectivity index (χ1n) is 9.18. The third kappa shape index (κ3) is 3.17. The monoisotopic (exact) mass is 402 g/mol. The van der Waals surface area contributed by atoms with E-state index < -0.39 is 0 Å². The molecular weight excluding hydrogens is 384 g/mol. The molecule has 0 fully saturated rings. The summed E-state index contributed by atoms with van der Waals surface area (Å²) in [6.07, 6.45) is 3.90. The number of pyridine rings is 1. The fraction of sp³-hybridized carbons (Fsp3) is 0.143. The summed E-state index contributed by atoms with van der Waals surface area (Å²) in [6.45, 7) is 1.93. The van der Waals surface area contributed by atoms with Gasteiger partial charge in [-0.2, -0.15) is 5.10 Å². The highest BCUT2D eigenvalue weighted by atomic mass is 32.1. The summed E-state index contributed by atoms with van der Waals surface area (Å²) >= 11 is 1.53. The van der Waals surface area contributed by atoms with Gasteiger partial charge < -0.3 is 5.32 Å². The molecule has 0 bridgehead atoms. The molecule has 1 aromatic carbocycles. The van der Waals surface area contributed by atoms with Crippen LogP contribution < -0.4 is 5.32 Å². The number of carbonyl (C=O) groups excluding carboxylic acids is 1. The van der Waals surface area contributed by atoms with E-state index in [1.165, 1.54) is 11.3 Å². The first-order chi connectivity index (χ1) is 14.1. The van der Waals surface area contributed by atoms with Gasteiger partial charge in [-0.1, -0.05) is 30.3 Å². The zero-order valence-corrected chi connectivity index (χ0v) is 16.8. The van der Waals surface area contributed by atoms with Crippen molar-refractivity contribution in [1.82, 2.24) is 24.1 Å². The Morgan fingerprint density at radius 2 is 2.07 bits per heavy atom. The average Bonchev–Trinajstić information content (AvgIpc) is 3.37. The Hall–Kier alpha value is -3.52. The molecule has 4 heterocycles. The molecule has 1 amide bonds. The van der Waals surface area contributed by atoms with Crippen molar-refractivity contribution in [2.45, 2.75) is 13.3 Å². The van der Waals surface area contributed by atoms with Crippen molar-refractivity contribution >= 4 is 38.9 Å². The van der Waals surface area contributed by atoms with Crippen LogP contribution in [-0.4, -0.2) is 30.1 Å². The number of anilines is 1. The Bertz CT molecular complexity index is 1350. The van der Waals surface area contributed by atoms with Gasteiger partial charge in [-0.3, -0.25) is 13.9 Å². The molecule has 5 aromatic rings. The van der Waals surface area contributed by atoms with Crippen LogP contribution in [0.25, 0.3) is 27.3 Å². The largest absolute Gasteiger partial charge is 0.324 e. The van der Waals surface area contributed by atoms with Gasteiger partial charge in [0.25, 0.3) is 0 Å². The van der Waals surface area contributed by atoms with E-state index in [-0.39, 0.29) is 12.3 Å². The normalized spacial score (nSPS) is 11.4. The number of amides is 1. The van der Waals surface area contributed by atoms with Crippen molar-refractivity contribution in [2.75, 3.05) is 5.32 Å². The van der Waals surface area contributed by atoms with Crippen molar-refractivity contribution in [3.8, 4) is 11.3 Å². The average molecular weight is 402 g/mol. The summed E-state index contributed by atoms with van der Waals surface area (Å²) in [5.41, 5.74) is 5.22. The van der Waals surface area contributed by atoms with Crippen LogP contribution in [0.5, 0.6) is 0 Å². The van der Waals surface area contributed by atoms with Crippen molar-refractivity contribution < 1.29 is 4.79 Å². The fourth-order valence-corrected chi connectivity index (χ4v) is 4.32. The lowest BCUT2D eigenvalue weighted by Gasteiger charge is -2.05. The number of hydrogen-bond acceptors (Lipinski definition) is 5. The second-order valence-corrected chi connectivity index (χ2v) is 7.74. The van der Waals surface area contributed by atoms with Crippen LogP contribution in [0.15, 0.2) is 54.2 Å². The van der Waals surface area contributed by atoms with Crippen LogP contribution in [0.2, 0.25) is 0 Å². The number of rotatable bonds is 4. The summed E-state index contributed by atoms with van der Waals surface area (Å²) in [6, 6.07) is 11.9. The zero-order valence-electron chi connectivity index (χ0n) is 16.0. The number of nitrogens with zero attached hydrogens (tertiary/aromatic N) is 5. The van der Waals surface area contributed by atoms with Crippen molar-refractivity contribution in [2.24, 2.45) is 7.05 Å². The number of aromatic nitrogens is 5. The predicted octanol–water partition coefficient (Wildman–Crippen LogP) is 3.83. The minimum Gasteiger partial charge on any atom is -0.324 e. The minimum absolute atomic E-state index is 0.0950. The maximum atomic E-state index is 12.6. The number of benzene rings is 1. The second kappa shape index (κ2) is 6.82. The molecule has 144 valence electrons. The van der Waals surface area contributed by atoms with E-state index in [4.69, 9.17) is 0 Å². The molecule has 0 atom stereocenters. The fourth-order valence-electron chi connectivity index (χ4n) is 3.45. The SMILES string of the molecule is Cc1nn(C)c2ncc(NC(=O)Cc3csc4nc(-c5ccccc5)cn34)cc12. The highest BCUT2D eigenvalue weighted by molar-refractivity contribution is 7.15. The lowest BCUT2D eigenvalue weighted by atomic mass is 10.2. The van der Waals surface area contributed by atoms with Crippen LogP contribution in [0.3, 0.4) is 0 Å². The molecule has 7 nitrogen and oxygen atoms in total. The maximum Gasteiger partial charge on any atom is 0.230 e. The van der Waals surface area contributed by atoms with E-state index in [1.807, 2.05) is 66.3 Å². The number of aryl methyl sites for hydroxylation is 2. The molecule has 4 aromatic heterocycles. The first kappa shape index (κ1) is 17.6. The van der Waals surface area contributed by atoms with Gasteiger partial charge in [-0.25, -0.2) is 9.97 Å². The lowest BCUT2D eigenvalue weighted by molar-refractivity contribution is -0.115. The molecule has 0 spiro atoms. The minimum atomic E-state index is -0.0950. The Labute approximate surface area is 170 Å². The van der Waals surface area contributed by atoms with E-state index in [2.05, 4.69) is 20.4 Å². The highest BCUT2D eigenvalue weighted by Crippen LogP contribution is 2.24. The number of carbonyl (C=O) groups is 1. The highest BCUT2D eigenvalue weighted by Gasteiger charge is 2.14. The van der Waals surface area contributed by atoms with E-state index in [0.717, 1.165) is 38.6 Å².